The number of aliphatic hydroxyl groups is 1. The zero-order chi connectivity index (χ0) is 16.3. The third-order valence-electron chi connectivity index (χ3n) is 6.20. The van der Waals surface area contributed by atoms with Gasteiger partial charge in [-0.05, 0) is 56.4 Å². The molecule has 0 aromatic heterocycles. The number of rotatable bonds is 0. The first kappa shape index (κ1) is 15.7. The summed E-state index contributed by atoms with van der Waals surface area (Å²) in [6.07, 6.45) is 9.10. The molecule has 0 amide bonds. The zero-order valence-corrected chi connectivity index (χ0v) is 14.4. The van der Waals surface area contributed by atoms with E-state index in [9.17, 15) is 9.90 Å². The highest BCUT2D eigenvalue weighted by Gasteiger charge is 2.56. The van der Waals surface area contributed by atoms with Crippen molar-refractivity contribution in [2.24, 2.45) is 23.2 Å². The molecule has 3 aliphatic carbocycles. The van der Waals surface area contributed by atoms with Crippen LogP contribution in [-0.4, -0.2) is 16.5 Å². The first-order chi connectivity index (χ1) is 10.2. The minimum absolute atomic E-state index is 0.0971. The van der Waals surface area contributed by atoms with Crippen LogP contribution < -0.4 is 0 Å². The Morgan fingerprint density at radius 2 is 1.77 bits per heavy atom. The van der Waals surface area contributed by atoms with E-state index in [0.717, 1.165) is 17.9 Å². The van der Waals surface area contributed by atoms with Crippen LogP contribution in [0.2, 0.25) is 0 Å². The van der Waals surface area contributed by atoms with Gasteiger partial charge in [0.15, 0.2) is 5.78 Å². The molecule has 1 N–H and O–H groups in total. The Balaban J connectivity index is 1.99. The lowest BCUT2D eigenvalue weighted by molar-refractivity contribution is -0.133. The summed E-state index contributed by atoms with van der Waals surface area (Å²) < 4.78 is 0. The van der Waals surface area contributed by atoms with Crippen molar-refractivity contribution in [3.8, 4) is 0 Å². The molecule has 1 saturated carbocycles. The van der Waals surface area contributed by atoms with E-state index in [0.29, 0.717) is 23.3 Å². The summed E-state index contributed by atoms with van der Waals surface area (Å²) in [5.41, 5.74) is 2.23. The summed E-state index contributed by atoms with van der Waals surface area (Å²) in [6.45, 7) is 10.7. The molecule has 4 atom stereocenters. The summed E-state index contributed by atoms with van der Waals surface area (Å²) in [6, 6.07) is 0. The predicted molar refractivity (Wildman–Crippen MR) is 89.3 cm³/mol. The van der Waals surface area contributed by atoms with Crippen LogP contribution in [0.4, 0.5) is 0 Å². The van der Waals surface area contributed by atoms with Gasteiger partial charge < -0.3 is 5.11 Å². The Morgan fingerprint density at radius 1 is 1.09 bits per heavy atom. The number of fused-ring (bicyclic) bond motifs is 2. The van der Waals surface area contributed by atoms with Crippen LogP contribution in [0.5, 0.6) is 0 Å². The Kier molecular flexibility index (Phi) is 3.52. The molecule has 3 aliphatic rings. The van der Waals surface area contributed by atoms with Crippen molar-refractivity contribution in [3.05, 3.63) is 34.9 Å². The highest BCUT2D eigenvalue weighted by Crippen LogP contribution is 2.62. The van der Waals surface area contributed by atoms with Crippen LogP contribution in [0.15, 0.2) is 34.9 Å². The topological polar surface area (TPSA) is 37.3 Å². The second kappa shape index (κ2) is 4.92. The van der Waals surface area contributed by atoms with E-state index in [-0.39, 0.29) is 11.7 Å². The number of ketones is 1. The number of allylic oxidation sites excluding steroid dienone is 2. The number of carbonyl (C=O) groups excluding carboxylic acids is 1. The summed E-state index contributed by atoms with van der Waals surface area (Å²) in [7, 11) is 0. The third kappa shape index (κ3) is 2.32. The van der Waals surface area contributed by atoms with E-state index in [1.165, 1.54) is 12.0 Å². The molecular weight excluding hydrogens is 272 g/mol. The van der Waals surface area contributed by atoms with Crippen LogP contribution in [0.25, 0.3) is 0 Å². The van der Waals surface area contributed by atoms with Gasteiger partial charge >= 0.3 is 0 Å². The largest absolute Gasteiger partial charge is 0.380 e. The lowest BCUT2D eigenvalue weighted by Crippen LogP contribution is -2.41. The summed E-state index contributed by atoms with van der Waals surface area (Å²) in [5.74, 6) is 1.04. The number of hydrogen-bond donors (Lipinski definition) is 1. The van der Waals surface area contributed by atoms with Gasteiger partial charge in [0, 0.05) is 12.3 Å². The van der Waals surface area contributed by atoms with Crippen molar-refractivity contribution in [2.45, 2.75) is 59.5 Å². The summed E-state index contributed by atoms with van der Waals surface area (Å²) >= 11 is 0. The van der Waals surface area contributed by atoms with E-state index in [1.807, 2.05) is 13.0 Å². The van der Waals surface area contributed by atoms with Crippen molar-refractivity contribution >= 4 is 5.78 Å². The predicted octanol–water partition coefficient (Wildman–Crippen LogP) is 4.21. The maximum Gasteiger partial charge on any atom is 0.191 e. The molecule has 120 valence electrons. The zero-order valence-electron chi connectivity index (χ0n) is 14.4. The van der Waals surface area contributed by atoms with E-state index < -0.39 is 5.60 Å². The molecule has 22 heavy (non-hydrogen) atoms. The molecule has 0 radical (unpaired) electrons. The molecule has 0 heterocycles. The standard InChI is InChI=1S/C20H28O2/c1-12-6-7-16-17(19(16,4)5)9-13(2)11-20(22)15(8-12)10-14(3)18(20)21/h8-10,15-17,22H,6-7,11H2,1-5H3/b12-8+,13-9-/t15-,16-,17-,20-/m1/s1. The average molecular weight is 300 g/mol. The molecule has 0 unspecified atom stereocenters. The normalized spacial score (nSPS) is 45.5. The van der Waals surface area contributed by atoms with Crippen molar-refractivity contribution in [2.75, 3.05) is 0 Å². The van der Waals surface area contributed by atoms with E-state index in [2.05, 4.69) is 39.8 Å². The first-order valence-corrected chi connectivity index (χ1v) is 8.46. The van der Waals surface area contributed by atoms with E-state index in [1.54, 1.807) is 0 Å². The van der Waals surface area contributed by atoms with Gasteiger partial charge in [-0.25, -0.2) is 0 Å². The third-order valence-corrected chi connectivity index (χ3v) is 6.20. The number of carbonyl (C=O) groups is 1. The van der Waals surface area contributed by atoms with Gasteiger partial charge in [-0.2, -0.15) is 0 Å². The molecule has 1 fully saturated rings. The molecule has 0 bridgehead atoms. The van der Waals surface area contributed by atoms with Gasteiger partial charge in [-0.1, -0.05) is 43.2 Å². The van der Waals surface area contributed by atoms with Gasteiger partial charge in [0.05, 0.1) is 0 Å². The van der Waals surface area contributed by atoms with Crippen LogP contribution in [0.1, 0.15) is 53.9 Å². The maximum atomic E-state index is 12.5. The molecule has 0 aromatic carbocycles. The molecule has 0 aromatic rings. The monoisotopic (exact) mass is 300 g/mol. The van der Waals surface area contributed by atoms with Crippen molar-refractivity contribution in [1.29, 1.82) is 0 Å². The lowest BCUT2D eigenvalue weighted by Gasteiger charge is -2.28. The minimum Gasteiger partial charge on any atom is -0.380 e. The number of Topliss-reactive ketones (excluding diaryl/α,β-unsaturated/α-hetero) is 1. The van der Waals surface area contributed by atoms with Crippen molar-refractivity contribution < 1.29 is 9.90 Å². The van der Waals surface area contributed by atoms with Crippen LogP contribution >= 0.6 is 0 Å². The molecule has 0 spiro atoms. The van der Waals surface area contributed by atoms with Crippen LogP contribution in [0, 0.1) is 23.2 Å². The van der Waals surface area contributed by atoms with Gasteiger partial charge in [-0.15, -0.1) is 0 Å². The lowest BCUT2D eigenvalue weighted by atomic mass is 9.81. The fourth-order valence-electron chi connectivity index (χ4n) is 4.59. The average Bonchev–Trinajstić information content (AvgIpc) is 2.86. The first-order valence-electron chi connectivity index (χ1n) is 8.46. The molecule has 0 saturated heterocycles. The fourth-order valence-corrected chi connectivity index (χ4v) is 4.59. The molecule has 0 aliphatic heterocycles. The Labute approximate surface area is 134 Å². The number of hydrogen-bond acceptors (Lipinski definition) is 2. The summed E-state index contributed by atoms with van der Waals surface area (Å²) in [5, 5.41) is 11.1. The van der Waals surface area contributed by atoms with Crippen LogP contribution in [-0.2, 0) is 4.79 Å². The Hall–Kier alpha value is -1.15. The van der Waals surface area contributed by atoms with Crippen LogP contribution in [0.3, 0.4) is 0 Å². The Bertz CT molecular complexity index is 605. The molecule has 3 rings (SSSR count). The van der Waals surface area contributed by atoms with Crippen molar-refractivity contribution in [1.82, 2.24) is 0 Å². The van der Waals surface area contributed by atoms with E-state index >= 15 is 0 Å². The molecule has 2 nitrogen and oxygen atoms in total. The molecular formula is C20H28O2. The van der Waals surface area contributed by atoms with Crippen molar-refractivity contribution in [3.63, 3.8) is 0 Å². The van der Waals surface area contributed by atoms with Gasteiger partial charge in [0.2, 0.25) is 0 Å². The second-order valence-corrected chi connectivity index (χ2v) is 8.32. The smallest absolute Gasteiger partial charge is 0.191 e. The molecule has 2 heteroatoms. The second-order valence-electron chi connectivity index (χ2n) is 8.32. The summed E-state index contributed by atoms with van der Waals surface area (Å²) in [4.78, 5) is 12.5. The SMILES string of the molecule is CC1=C[C@H]2/C=C(\C)CC[C@@H]3[C@@H](/C=C(/C)C[C@]2(O)C1=O)C3(C)C. The minimum atomic E-state index is -1.27. The van der Waals surface area contributed by atoms with E-state index in [4.69, 9.17) is 0 Å². The van der Waals surface area contributed by atoms with Gasteiger partial charge in [0.25, 0.3) is 0 Å². The quantitative estimate of drug-likeness (QED) is 0.680. The maximum absolute atomic E-state index is 12.5. The Morgan fingerprint density at radius 3 is 2.45 bits per heavy atom. The van der Waals surface area contributed by atoms with Gasteiger partial charge in [0.1, 0.15) is 5.60 Å². The fraction of sp³-hybridized carbons (Fsp3) is 0.650. The highest BCUT2D eigenvalue weighted by molar-refractivity contribution is 6.04. The highest BCUT2D eigenvalue weighted by atomic mass is 16.3. The van der Waals surface area contributed by atoms with Gasteiger partial charge in [-0.3, -0.25) is 4.79 Å².